The van der Waals surface area contributed by atoms with Crippen LogP contribution in [0, 0.1) is 6.92 Å². The molecule has 5 nitrogen and oxygen atoms in total. The Kier molecular flexibility index (Phi) is 5.07. The van der Waals surface area contributed by atoms with Gasteiger partial charge in [-0.2, -0.15) is 5.10 Å². The van der Waals surface area contributed by atoms with Gasteiger partial charge in [0, 0.05) is 60.2 Å². The van der Waals surface area contributed by atoms with E-state index in [1.165, 1.54) is 11.1 Å². The zero-order chi connectivity index (χ0) is 20.5. The molecular formula is C24H22ClN5. The number of rotatable bonds is 4. The molecule has 30 heavy (non-hydrogen) atoms. The van der Waals surface area contributed by atoms with Gasteiger partial charge in [0.15, 0.2) is 5.82 Å². The summed E-state index contributed by atoms with van der Waals surface area (Å²) in [7, 11) is 0. The topological polar surface area (TPSA) is 46.8 Å². The lowest BCUT2D eigenvalue weighted by Crippen LogP contribution is -2.31. The van der Waals surface area contributed by atoms with Gasteiger partial charge in [0.05, 0.1) is 17.1 Å². The van der Waals surface area contributed by atoms with Crippen LogP contribution in [0.25, 0.3) is 17.1 Å². The van der Waals surface area contributed by atoms with Gasteiger partial charge in [0.25, 0.3) is 0 Å². The van der Waals surface area contributed by atoms with Crippen LogP contribution in [0.2, 0.25) is 5.02 Å². The predicted octanol–water partition coefficient (Wildman–Crippen LogP) is 4.85. The summed E-state index contributed by atoms with van der Waals surface area (Å²) in [5, 5.41) is 5.42. The average Bonchev–Trinajstić information content (AvgIpc) is 3.15. The second-order valence-corrected chi connectivity index (χ2v) is 8.09. The lowest BCUT2D eigenvalue weighted by molar-refractivity contribution is 0.242. The SMILES string of the molecule is Cc1nn(-c2ccccc2)cc1CN1CCc2nc(-c3ccc(Cl)cc3)ncc2C1. The van der Waals surface area contributed by atoms with Gasteiger partial charge in [-0.3, -0.25) is 4.90 Å². The first-order chi connectivity index (χ1) is 14.7. The third kappa shape index (κ3) is 3.86. The van der Waals surface area contributed by atoms with Crippen LogP contribution in [0.15, 0.2) is 67.0 Å². The molecule has 2 aromatic carbocycles. The van der Waals surface area contributed by atoms with Crippen LogP contribution in [0.1, 0.15) is 22.5 Å². The fourth-order valence-corrected chi connectivity index (χ4v) is 3.98. The van der Waals surface area contributed by atoms with E-state index in [9.17, 15) is 0 Å². The second-order valence-electron chi connectivity index (χ2n) is 7.65. The largest absolute Gasteiger partial charge is 0.294 e. The van der Waals surface area contributed by atoms with E-state index in [0.717, 1.165) is 59.5 Å². The van der Waals surface area contributed by atoms with Crippen molar-refractivity contribution >= 4 is 11.6 Å². The Labute approximate surface area is 181 Å². The molecule has 0 saturated heterocycles. The number of benzene rings is 2. The summed E-state index contributed by atoms with van der Waals surface area (Å²) in [5.41, 5.74) is 6.74. The van der Waals surface area contributed by atoms with Gasteiger partial charge in [-0.1, -0.05) is 29.8 Å². The van der Waals surface area contributed by atoms with E-state index >= 15 is 0 Å². The number of fused-ring (bicyclic) bond motifs is 1. The molecule has 2 aromatic heterocycles. The second kappa shape index (κ2) is 8.01. The molecule has 0 aliphatic carbocycles. The van der Waals surface area contributed by atoms with Crippen molar-refractivity contribution < 1.29 is 0 Å². The molecule has 1 aliphatic heterocycles. The van der Waals surface area contributed by atoms with Gasteiger partial charge in [-0.25, -0.2) is 14.6 Å². The monoisotopic (exact) mass is 415 g/mol. The number of aromatic nitrogens is 4. The summed E-state index contributed by atoms with van der Waals surface area (Å²) in [6.45, 7) is 4.78. The highest BCUT2D eigenvalue weighted by Gasteiger charge is 2.20. The Morgan fingerprint density at radius 3 is 2.63 bits per heavy atom. The van der Waals surface area contributed by atoms with Gasteiger partial charge in [0.1, 0.15) is 0 Å². The van der Waals surface area contributed by atoms with Crippen molar-refractivity contribution in [1.29, 1.82) is 0 Å². The zero-order valence-corrected chi connectivity index (χ0v) is 17.5. The highest BCUT2D eigenvalue weighted by Crippen LogP contribution is 2.24. The maximum Gasteiger partial charge on any atom is 0.159 e. The Morgan fingerprint density at radius 1 is 1.03 bits per heavy atom. The van der Waals surface area contributed by atoms with Crippen molar-refractivity contribution in [2.75, 3.05) is 6.54 Å². The lowest BCUT2D eigenvalue weighted by atomic mass is 10.1. The van der Waals surface area contributed by atoms with E-state index in [1.807, 2.05) is 53.3 Å². The molecule has 1 aliphatic rings. The Bertz CT molecular complexity index is 1170. The number of halogens is 1. The minimum atomic E-state index is 0.721. The molecule has 150 valence electrons. The molecule has 0 saturated carbocycles. The molecule has 0 amide bonds. The van der Waals surface area contributed by atoms with Crippen LogP contribution in [0.3, 0.4) is 0 Å². The summed E-state index contributed by atoms with van der Waals surface area (Å²) in [4.78, 5) is 11.9. The summed E-state index contributed by atoms with van der Waals surface area (Å²) in [6, 6.07) is 17.9. The van der Waals surface area contributed by atoms with E-state index in [0.29, 0.717) is 0 Å². The Balaban J connectivity index is 1.32. The number of nitrogens with zero attached hydrogens (tertiary/aromatic N) is 5. The summed E-state index contributed by atoms with van der Waals surface area (Å²) < 4.78 is 1.96. The number of aryl methyl sites for hydroxylation is 1. The van der Waals surface area contributed by atoms with Gasteiger partial charge in [-0.15, -0.1) is 0 Å². The minimum absolute atomic E-state index is 0.721. The number of hydrogen-bond acceptors (Lipinski definition) is 4. The first-order valence-corrected chi connectivity index (χ1v) is 10.5. The number of hydrogen-bond donors (Lipinski definition) is 0. The van der Waals surface area contributed by atoms with Crippen LogP contribution in [-0.2, 0) is 19.5 Å². The molecule has 0 fully saturated rings. The average molecular weight is 416 g/mol. The third-order valence-electron chi connectivity index (χ3n) is 5.53. The molecule has 0 N–H and O–H groups in total. The highest BCUT2D eigenvalue weighted by atomic mass is 35.5. The van der Waals surface area contributed by atoms with E-state index in [-0.39, 0.29) is 0 Å². The molecular weight excluding hydrogens is 394 g/mol. The van der Waals surface area contributed by atoms with E-state index < -0.39 is 0 Å². The highest BCUT2D eigenvalue weighted by molar-refractivity contribution is 6.30. The smallest absolute Gasteiger partial charge is 0.159 e. The number of para-hydroxylation sites is 1. The summed E-state index contributed by atoms with van der Waals surface area (Å²) in [5.74, 6) is 0.763. The van der Waals surface area contributed by atoms with Crippen molar-refractivity contribution in [2.45, 2.75) is 26.4 Å². The van der Waals surface area contributed by atoms with Crippen molar-refractivity contribution in [3.05, 3.63) is 94.5 Å². The van der Waals surface area contributed by atoms with Crippen LogP contribution in [0.4, 0.5) is 0 Å². The first-order valence-electron chi connectivity index (χ1n) is 10.1. The maximum absolute atomic E-state index is 5.99. The zero-order valence-electron chi connectivity index (χ0n) is 16.8. The van der Waals surface area contributed by atoms with Crippen LogP contribution in [0.5, 0.6) is 0 Å². The van der Waals surface area contributed by atoms with E-state index in [4.69, 9.17) is 21.7 Å². The quantitative estimate of drug-likeness (QED) is 0.478. The Hall–Kier alpha value is -3.02. The summed E-state index contributed by atoms with van der Waals surface area (Å²) in [6.07, 6.45) is 5.03. The Morgan fingerprint density at radius 2 is 1.83 bits per heavy atom. The van der Waals surface area contributed by atoms with Crippen molar-refractivity contribution in [3.63, 3.8) is 0 Å². The van der Waals surface area contributed by atoms with Crippen LogP contribution >= 0.6 is 11.6 Å². The van der Waals surface area contributed by atoms with Gasteiger partial charge < -0.3 is 0 Å². The van der Waals surface area contributed by atoms with Gasteiger partial charge >= 0.3 is 0 Å². The predicted molar refractivity (Wildman–Crippen MR) is 119 cm³/mol. The molecule has 3 heterocycles. The molecule has 0 unspecified atom stereocenters. The molecule has 6 heteroatoms. The standard InChI is InChI=1S/C24H22ClN5/c1-17-20(16-30(28-17)22-5-3-2-4-6-22)15-29-12-11-23-19(14-29)13-26-24(27-23)18-7-9-21(25)10-8-18/h2-10,13,16H,11-12,14-15H2,1H3. The molecule has 0 spiro atoms. The molecule has 0 radical (unpaired) electrons. The maximum atomic E-state index is 5.99. The van der Waals surface area contributed by atoms with Crippen molar-refractivity contribution in [1.82, 2.24) is 24.6 Å². The van der Waals surface area contributed by atoms with E-state index in [1.54, 1.807) is 0 Å². The summed E-state index contributed by atoms with van der Waals surface area (Å²) >= 11 is 5.99. The fraction of sp³-hybridized carbons (Fsp3) is 0.208. The van der Waals surface area contributed by atoms with Crippen molar-refractivity contribution in [2.24, 2.45) is 0 Å². The molecule has 0 bridgehead atoms. The molecule has 4 aromatic rings. The first kappa shape index (κ1) is 19.0. The van der Waals surface area contributed by atoms with Crippen molar-refractivity contribution in [3.8, 4) is 17.1 Å². The van der Waals surface area contributed by atoms with Crippen LogP contribution in [-0.4, -0.2) is 31.2 Å². The normalized spacial score (nSPS) is 13.9. The lowest BCUT2D eigenvalue weighted by Gasteiger charge is -2.27. The third-order valence-corrected chi connectivity index (χ3v) is 5.78. The van der Waals surface area contributed by atoms with Gasteiger partial charge in [0.2, 0.25) is 0 Å². The fourth-order valence-electron chi connectivity index (χ4n) is 3.85. The molecule has 5 rings (SSSR count). The minimum Gasteiger partial charge on any atom is -0.294 e. The van der Waals surface area contributed by atoms with E-state index in [2.05, 4.69) is 35.1 Å². The molecule has 0 atom stereocenters. The van der Waals surface area contributed by atoms with Gasteiger partial charge in [-0.05, 0) is 43.3 Å². The van der Waals surface area contributed by atoms with Crippen LogP contribution < -0.4 is 0 Å².